The zero-order valence-electron chi connectivity index (χ0n) is 49.6. The summed E-state index contributed by atoms with van der Waals surface area (Å²) in [7, 11) is 0. The summed E-state index contributed by atoms with van der Waals surface area (Å²) in [5.41, 5.74) is 14.2. The Bertz CT molecular complexity index is 3920. The quantitative estimate of drug-likeness (QED) is 0.0217. The van der Waals surface area contributed by atoms with Gasteiger partial charge in [-0.05, 0) is 77.9 Å². The van der Waals surface area contributed by atoms with Crippen LogP contribution < -0.4 is 5.73 Å². The lowest BCUT2D eigenvalue weighted by atomic mass is 9.97. The molecule has 89 heavy (non-hydrogen) atoms. The van der Waals surface area contributed by atoms with E-state index in [4.69, 9.17) is 34.3 Å². The van der Waals surface area contributed by atoms with E-state index in [0.717, 1.165) is 33.3 Å². The molecular formula is C66H67N5O18. The number of aromatic hydroxyl groups is 4. The highest BCUT2D eigenvalue weighted by Gasteiger charge is 2.20. The van der Waals surface area contributed by atoms with Crippen molar-refractivity contribution in [2.24, 2.45) is 0 Å². The molecule has 3 heterocycles. The Labute approximate surface area is 509 Å². The second kappa shape index (κ2) is 34.6. The second-order valence-corrected chi connectivity index (χ2v) is 19.8. The molecule has 3 aromatic heterocycles. The number of carboxylic acid groups (broad SMARTS) is 2. The molecule has 2 unspecified atom stereocenters. The number of carboxylic acids is 2. The summed E-state index contributed by atoms with van der Waals surface area (Å²) >= 11 is 0. The van der Waals surface area contributed by atoms with E-state index in [1.807, 2.05) is 43.3 Å². The highest BCUT2D eigenvalue weighted by molar-refractivity contribution is 5.89. The number of nitro groups is 1. The first kappa shape index (κ1) is 70.1. The lowest BCUT2D eigenvalue weighted by molar-refractivity contribution is -0.385. The number of aliphatic carboxylic acids is 2. The number of nitrogen functional groups attached to an aromatic ring is 1. The van der Waals surface area contributed by atoms with Gasteiger partial charge in [-0.2, -0.15) is 0 Å². The van der Waals surface area contributed by atoms with Gasteiger partial charge in [0.15, 0.2) is 41.7 Å². The first-order valence-electron chi connectivity index (χ1n) is 27.1. The van der Waals surface area contributed by atoms with Crippen molar-refractivity contribution >= 4 is 85.5 Å². The molecular weight excluding hydrogens is 1150 g/mol. The lowest BCUT2D eigenvalue weighted by Crippen LogP contribution is -2.07. The van der Waals surface area contributed by atoms with Gasteiger partial charge in [-0.15, -0.1) is 0 Å². The number of phenols is 4. The van der Waals surface area contributed by atoms with Gasteiger partial charge in [-0.25, -0.2) is 15.0 Å². The summed E-state index contributed by atoms with van der Waals surface area (Å²) in [6, 6.07) is 39.0. The van der Waals surface area contributed by atoms with E-state index < -0.39 is 28.5 Å². The molecule has 0 fully saturated rings. The first-order valence-corrected chi connectivity index (χ1v) is 27.1. The van der Waals surface area contributed by atoms with Crippen molar-refractivity contribution in [3.63, 3.8) is 0 Å². The maximum atomic E-state index is 11.2. The second-order valence-electron chi connectivity index (χ2n) is 19.8. The summed E-state index contributed by atoms with van der Waals surface area (Å²) in [6.07, 6.45) is 4.95. The SMILES string of the molecule is CC(=O)C(C)c1cccc2ncoc12.CC(=O)Cc1cccc(N)c1O.CC(=O)Cc1cccc([N+](=O)[O-])c1O.CC(=O)Cc1cccc2ncoc12.CC(=O)Cc1ccccc1O.CC(C(=O)O)c1cccc2ncoc12.O=C(O)Cc1ccccc1O. The number of fused-ring (bicyclic) bond motifs is 3. The van der Waals surface area contributed by atoms with E-state index in [9.17, 15) is 59.0 Å². The molecule has 10 aromatic rings. The van der Waals surface area contributed by atoms with Crippen molar-refractivity contribution in [2.45, 2.75) is 92.4 Å². The van der Waals surface area contributed by atoms with Crippen LogP contribution in [0.2, 0.25) is 0 Å². The number of nitrogens with two attached hydrogens (primary N) is 1. The molecule has 23 nitrogen and oxygen atoms in total. The number of carbonyl (C=O) groups is 7. The fourth-order valence-corrected chi connectivity index (χ4v) is 8.11. The largest absolute Gasteiger partial charge is 0.508 e. The molecule has 8 N–H and O–H groups in total. The maximum Gasteiger partial charge on any atom is 0.310 e. The zero-order chi connectivity index (χ0) is 65.9. The van der Waals surface area contributed by atoms with Gasteiger partial charge < -0.3 is 49.6 Å². The Morgan fingerprint density at radius 2 is 0.820 bits per heavy atom. The lowest BCUT2D eigenvalue weighted by Gasteiger charge is -2.07. The molecule has 0 amide bonds. The third kappa shape index (κ3) is 22.2. The number of benzene rings is 7. The van der Waals surface area contributed by atoms with Crippen LogP contribution in [0.1, 0.15) is 99.2 Å². The molecule has 0 saturated heterocycles. The molecule has 0 aliphatic carbocycles. The van der Waals surface area contributed by atoms with Gasteiger partial charge in [0.2, 0.25) is 0 Å². The molecule has 0 radical (unpaired) electrons. The number of para-hydroxylation sites is 7. The number of Topliss-reactive ketones (excluding diaryl/α,β-unsaturated/α-hetero) is 5. The van der Waals surface area contributed by atoms with Crippen molar-refractivity contribution in [1.82, 2.24) is 15.0 Å². The minimum Gasteiger partial charge on any atom is -0.508 e. The van der Waals surface area contributed by atoms with Gasteiger partial charge in [0.05, 0.1) is 22.9 Å². The summed E-state index contributed by atoms with van der Waals surface area (Å²) < 4.78 is 15.6. The molecule has 10 rings (SSSR count). The third-order valence-corrected chi connectivity index (χ3v) is 12.7. The minimum atomic E-state index is -0.938. The number of phenolic OH excluding ortho intramolecular Hbond substituents is 4. The predicted molar refractivity (Wildman–Crippen MR) is 330 cm³/mol. The molecule has 2 atom stereocenters. The zero-order valence-corrected chi connectivity index (χ0v) is 49.6. The van der Waals surface area contributed by atoms with E-state index in [1.165, 1.54) is 64.2 Å². The van der Waals surface area contributed by atoms with Crippen molar-refractivity contribution in [1.29, 1.82) is 0 Å². The van der Waals surface area contributed by atoms with Gasteiger partial charge in [0.25, 0.3) is 0 Å². The topological polar surface area (TPSA) is 388 Å². The van der Waals surface area contributed by atoms with Crippen LogP contribution in [0, 0.1) is 10.1 Å². The molecule has 0 aliphatic rings. The summed E-state index contributed by atoms with van der Waals surface area (Å²) in [4.78, 5) is 97.1. The van der Waals surface area contributed by atoms with Gasteiger partial charge in [-0.3, -0.25) is 43.7 Å². The molecule has 0 bridgehead atoms. The number of oxazole rings is 3. The molecule has 23 heteroatoms. The standard InChI is InChI=1S/C11H11NO2.C10H9NO3.C10H9NO2.C9H9NO4.C9H11NO2.C9H10O2.C8H8O3/c1-7(8(2)13)9-4-3-5-10-11(9)14-6-12-10;1-6(10(12)13)7-3-2-4-8-9(7)14-5-11-8;1-7(12)5-8-3-2-4-9-10(8)13-6-11-9;1-6(11)5-7-3-2-4-8(9(7)12)10(13)14;1-6(11)5-7-3-2-4-8(10)9(7)12;1-7(10)6-8-4-2-3-5-9(8)11;9-7-4-2-1-3-6(7)5-8(10)11/h3-7H,1-2H3;2-6H,1H3,(H,12,13);2-4,6H,5H2,1H3;2-4,12H,5H2,1H3;2-4,12H,5,10H2,1H3;2-5,11H,6H2,1H3;1-4,9H,5H2,(H,10,11). The number of aromatic nitrogens is 3. The number of nitrogens with zero attached hydrogens (tertiary/aromatic N) is 4. The van der Waals surface area contributed by atoms with Gasteiger partial charge >= 0.3 is 17.6 Å². The average molecular weight is 1220 g/mol. The van der Waals surface area contributed by atoms with Crippen LogP contribution in [-0.4, -0.2) is 91.4 Å². The fraction of sp³-hybridized carbons (Fsp3) is 0.212. The van der Waals surface area contributed by atoms with Crippen LogP contribution >= 0.6 is 0 Å². The number of hydrogen-bond donors (Lipinski definition) is 7. The van der Waals surface area contributed by atoms with Crippen LogP contribution in [-0.2, 0) is 65.7 Å². The summed E-state index contributed by atoms with van der Waals surface area (Å²) in [5.74, 6) is -2.50. The number of rotatable bonds is 15. The number of anilines is 1. The monoisotopic (exact) mass is 1220 g/mol. The normalized spacial score (nSPS) is 10.8. The highest BCUT2D eigenvalue weighted by Crippen LogP contribution is 2.31. The fourth-order valence-electron chi connectivity index (χ4n) is 8.11. The Morgan fingerprint density at radius 1 is 0.461 bits per heavy atom. The number of ketones is 5. The van der Waals surface area contributed by atoms with Crippen LogP contribution in [0.5, 0.6) is 23.0 Å². The van der Waals surface area contributed by atoms with E-state index in [1.54, 1.807) is 99.6 Å². The Balaban J connectivity index is 0.000000222. The third-order valence-electron chi connectivity index (χ3n) is 12.7. The van der Waals surface area contributed by atoms with Crippen molar-refractivity contribution in [2.75, 3.05) is 5.73 Å². The Morgan fingerprint density at radius 3 is 1.26 bits per heavy atom. The van der Waals surface area contributed by atoms with Gasteiger partial charge in [0, 0.05) is 76.6 Å². The molecule has 0 saturated carbocycles. The first-order chi connectivity index (χ1) is 42.2. The van der Waals surface area contributed by atoms with Crippen LogP contribution in [0.25, 0.3) is 33.3 Å². The van der Waals surface area contributed by atoms with Crippen molar-refractivity contribution in [3.05, 3.63) is 208 Å². The highest BCUT2D eigenvalue weighted by atomic mass is 16.6. The molecule has 0 aliphatic heterocycles. The minimum absolute atomic E-state index is 0.00745. The van der Waals surface area contributed by atoms with Crippen molar-refractivity contribution < 1.29 is 82.4 Å². The average Bonchev–Trinajstić information content (AvgIpc) is 2.19. The van der Waals surface area contributed by atoms with E-state index in [0.29, 0.717) is 51.9 Å². The summed E-state index contributed by atoms with van der Waals surface area (Å²) in [5, 5.41) is 64.8. The van der Waals surface area contributed by atoms with E-state index in [-0.39, 0.29) is 82.6 Å². The van der Waals surface area contributed by atoms with E-state index in [2.05, 4.69) is 15.0 Å². The number of hydrogen-bond acceptors (Lipinski definition) is 20. The van der Waals surface area contributed by atoms with E-state index >= 15 is 0 Å². The van der Waals surface area contributed by atoms with Crippen LogP contribution in [0.15, 0.2) is 172 Å². The number of nitro benzene ring substituents is 1. The predicted octanol–water partition coefficient (Wildman–Crippen LogP) is 11.6. The molecule has 7 aromatic carbocycles. The van der Waals surface area contributed by atoms with Gasteiger partial charge in [-0.1, -0.05) is 104 Å². The smallest absolute Gasteiger partial charge is 0.310 e. The van der Waals surface area contributed by atoms with Gasteiger partial charge in [0.1, 0.15) is 62.7 Å². The van der Waals surface area contributed by atoms with Crippen LogP contribution in [0.4, 0.5) is 11.4 Å². The Hall–Kier alpha value is -11.4. The maximum absolute atomic E-state index is 11.2. The molecule has 464 valence electrons. The Kier molecular flexibility index (Phi) is 27.2. The summed E-state index contributed by atoms with van der Waals surface area (Å²) in [6.45, 7) is 11.0. The van der Waals surface area contributed by atoms with Crippen molar-refractivity contribution in [3.8, 4) is 23.0 Å². The molecule has 0 spiro atoms. The number of carbonyl (C=O) groups excluding carboxylic acids is 5. The van der Waals surface area contributed by atoms with Crippen LogP contribution in [0.3, 0.4) is 0 Å².